The zero-order valence-corrected chi connectivity index (χ0v) is 17.7. The molecule has 4 rings (SSSR count). The van der Waals surface area contributed by atoms with Gasteiger partial charge in [-0.25, -0.2) is 0 Å². The van der Waals surface area contributed by atoms with Crippen molar-refractivity contribution in [3.63, 3.8) is 0 Å². The lowest BCUT2D eigenvalue weighted by atomic mass is 10.1. The molecule has 1 heterocycles. The molecule has 0 aromatic heterocycles. The molecule has 1 aliphatic heterocycles. The van der Waals surface area contributed by atoms with Gasteiger partial charge < -0.3 is 15.0 Å². The normalized spacial score (nSPS) is 13.1. The molecule has 1 N–H and O–H groups in total. The van der Waals surface area contributed by atoms with Gasteiger partial charge in [0.1, 0.15) is 5.75 Å². The molecule has 3 aromatic carbocycles. The number of aryl methyl sites for hydroxylation is 1. The van der Waals surface area contributed by atoms with Crippen LogP contribution in [0.15, 0.2) is 72.8 Å². The zero-order valence-electron chi connectivity index (χ0n) is 17.0. The molecule has 0 radical (unpaired) electrons. The van der Waals surface area contributed by atoms with Crippen molar-refractivity contribution in [2.75, 3.05) is 16.8 Å². The fraction of sp³-hybridized carbons (Fsp3) is 0.120. The highest BCUT2D eigenvalue weighted by Crippen LogP contribution is 2.35. The van der Waals surface area contributed by atoms with Crippen molar-refractivity contribution in [1.82, 2.24) is 0 Å². The molecule has 0 spiro atoms. The van der Waals surface area contributed by atoms with Crippen molar-refractivity contribution in [3.8, 4) is 5.75 Å². The summed E-state index contributed by atoms with van der Waals surface area (Å²) >= 11 is 5.88. The van der Waals surface area contributed by atoms with E-state index in [0.717, 1.165) is 16.7 Å². The molecular weight excluding hydrogens is 412 g/mol. The van der Waals surface area contributed by atoms with E-state index in [1.165, 1.54) is 6.08 Å². The van der Waals surface area contributed by atoms with Gasteiger partial charge in [0, 0.05) is 16.8 Å². The highest BCUT2D eigenvalue weighted by molar-refractivity contribution is 6.30. The third-order valence-electron chi connectivity index (χ3n) is 5.06. The number of benzene rings is 3. The van der Waals surface area contributed by atoms with E-state index in [2.05, 4.69) is 5.32 Å². The molecule has 0 aliphatic carbocycles. The Hall–Kier alpha value is -3.57. The highest BCUT2D eigenvalue weighted by atomic mass is 35.5. The van der Waals surface area contributed by atoms with Crippen LogP contribution in [0.4, 0.5) is 11.4 Å². The van der Waals surface area contributed by atoms with Gasteiger partial charge in [0.2, 0.25) is 5.91 Å². The van der Waals surface area contributed by atoms with E-state index in [4.69, 9.17) is 16.3 Å². The molecular formula is C25H21ClN2O3. The Labute approximate surface area is 185 Å². The largest absolute Gasteiger partial charge is 0.482 e. The van der Waals surface area contributed by atoms with Gasteiger partial charge in [-0.05, 0) is 60.0 Å². The topological polar surface area (TPSA) is 58.6 Å². The zero-order chi connectivity index (χ0) is 21.8. The summed E-state index contributed by atoms with van der Waals surface area (Å²) in [6.07, 6.45) is 3.16. The average molecular weight is 433 g/mol. The Morgan fingerprint density at radius 2 is 1.90 bits per heavy atom. The van der Waals surface area contributed by atoms with Gasteiger partial charge in [-0.15, -0.1) is 0 Å². The number of ether oxygens (including phenoxy) is 1. The van der Waals surface area contributed by atoms with Crippen LogP contribution in [0, 0.1) is 6.92 Å². The number of fused-ring (bicyclic) bond motifs is 1. The Morgan fingerprint density at radius 1 is 1.13 bits per heavy atom. The highest BCUT2D eigenvalue weighted by Gasteiger charge is 2.26. The second kappa shape index (κ2) is 9.06. The first-order valence-corrected chi connectivity index (χ1v) is 10.2. The molecule has 0 saturated carbocycles. The summed E-state index contributed by atoms with van der Waals surface area (Å²) in [7, 11) is 0. The molecule has 6 heteroatoms. The molecule has 0 unspecified atom stereocenters. The number of halogens is 1. The van der Waals surface area contributed by atoms with Crippen molar-refractivity contribution in [3.05, 3.63) is 94.5 Å². The number of hydrogen-bond donors (Lipinski definition) is 1. The Kier molecular flexibility index (Phi) is 6.05. The average Bonchev–Trinajstić information content (AvgIpc) is 2.77. The van der Waals surface area contributed by atoms with E-state index in [0.29, 0.717) is 28.7 Å². The van der Waals surface area contributed by atoms with Gasteiger partial charge in [-0.2, -0.15) is 0 Å². The van der Waals surface area contributed by atoms with Crippen molar-refractivity contribution in [2.24, 2.45) is 0 Å². The first-order chi connectivity index (χ1) is 15.0. The van der Waals surface area contributed by atoms with Crippen LogP contribution in [0.3, 0.4) is 0 Å². The number of carbonyl (C=O) groups excluding carboxylic acids is 2. The lowest BCUT2D eigenvalue weighted by molar-refractivity contribution is -0.121. The van der Waals surface area contributed by atoms with E-state index >= 15 is 0 Å². The van der Waals surface area contributed by atoms with Crippen LogP contribution in [-0.4, -0.2) is 18.4 Å². The first-order valence-electron chi connectivity index (χ1n) is 9.86. The van der Waals surface area contributed by atoms with E-state index < -0.39 is 0 Å². The van der Waals surface area contributed by atoms with Gasteiger partial charge in [0.15, 0.2) is 6.61 Å². The summed E-state index contributed by atoms with van der Waals surface area (Å²) in [5, 5.41) is 3.48. The number of anilines is 2. The maximum atomic E-state index is 12.6. The number of nitrogens with zero attached hydrogens (tertiary/aromatic N) is 1. The molecule has 5 nitrogen and oxygen atoms in total. The van der Waals surface area contributed by atoms with Crippen molar-refractivity contribution >= 4 is 40.9 Å². The minimum absolute atomic E-state index is 0.00554. The fourth-order valence-electron chi connectivity index (χ4n) is 3.34. The molecule has 0 atom stereocenters. The number of carbonyl (C=O) groups is 2. The van der Waals surface area contributed by atoms with Crippen molar-refractivity contribution in [1.29, 1.82) is 0 Å². The quantitative estimate of drug-likeness (QED) is 0.562. The molecule has 156 valence electrons. The monoisotopic (exact) mass is 432 g/mol. The summed E-state index contributed by atoms with van der Waals surface area (Å²) in [6.45, 7) is 2.45. The molecule has 0 bridgehead atoms. The standard InChI is InChI=1S/C25H21ClN2O3/c1-17-4-2-3-5-19(17)15-28-22-14-21(11-12-23(22)31-16-25(28)30)27-24(29)13-8-18-6-9-20(26)10-7-18/h2-14H,15-16H2,1H3,(H,27,29)/b13-8+. The van der Waals surface area contributed by atoms with Gasteiger partial charge >= 0.3 is 0 Å². The van der Waals surface area contributed by atoms with E-state index in [-0.39, 0.29) is 18.4 Å². The minimum Gasteiger partial charge on any atom is -0.482 e. The molecule has 0 fully saturated rings. The summed E-state index contributed by atoms with van der Waals surface area (Å²) in [4.78, 5) is 26.6. The lowest BCUT2D eigenvalue weighted by Crippen LogP contribution is -2.38. The van der Waals surface area contributed by atoms with Gasteiger partial charge in [-0.3, -0.25) is 9.59 Å². The van der Waals surface area contributed by atoms with Crippen molar-refractivity contribution in [2.45, 2.75) is 13.5 Å². The number of nitrogens with one attached hydrogen (secondary N) is 1. The van der Waals surface area contributed by atoms with E-state index in [1.54, 1.807) is 41.3 Å². The predicted octanol–water partition coefficient (Wildman–Crippen LogP) is 5.23. The van der Waals surface area contributed by atoms with Crippen LogP contribution in [0.2, 0.25) is 5.02 Å². The molecule has 0 saturated heterocycles. The summed E-state index contributed by atoms with van der Waals surface area (Å²) in [6, 6.07) is 20.4. The lowest BCUT2D eigenvalue weighted by Gasteiger charge is -2.30. The van der Waals surface area contributed by atoms with Crippen LogP contribution in [0.25, 0.3) is 6.08 Å². The summed E-state index contributed by atoms with van der Waals surface area (Å²) in [5.74, 6) is 0.216. The number of rotatable bonds is 5. The SMILES string of the molecule is Cc1ccccc1CN1C(=O)COc2ccc(NC(=O)/C=C/c3ccc(Cl)cc3)cc21. The maximum absolute atomic E-state index is 12.6. The second-order valence-corrected chi connectivity index (χ2v) is 7.69. The Morgan fingerprint density at radius 3 is 2.68 bits per heavy atom. The van der Waals surface area contributed by atoms with E-state index in [9.17, 15) is 9.59 Å². The molecule has 1 aliphatic rings. The Bertz CT molecular complexity index is 1160. The third-order valence-corrected chi connectivity index (χ3v) is 5.31. The smallest absolute Gasteiger partial charge is 0.265 e. The Balaban J connectivity index is 1.53. The van der Waals surface area contributed by atoms with Crippen molar-refractivity contribution < 1.29 is 14.3 Å². The molecule has 31 heavy (non-hydrogen) atoms. The summed E-state index contributed by atoms with van der Waals surface area (Å²) < 4.78 is 5.58. The molecule has 3 aromatic rings. The van der Waals surface area contributed by atoms with Gasteiger partial charge in [0.05, 0.1) is 12.2 Å². The summed E-state index contributed by atoms with van der Waals surface area (Å²) in [5.41, 5.74) is 4.26. The predicted molar refractivity (Wildman–Crippen MR) is 123 cm³/mol. The molecule has 2 amide bonds. The van der Waals surface area contributed by atoms with Crippen LogP contribution in [-0.2, 0) is 16.1 Å². The minimum atomic E-state index is -0.275. The van der Waals surface area contributed by atoms with Gasteiger partial charge in [-0.1, -0.05) is 48.0 Å². The third kappa shape index (κ3) is 4.95. The number of amides is 2. The first kappa shape index (κ1) is 20.7. The van der Waals surface area contributed by atoms with Gasteiger partial charge in [0.25, 0.3) is 5.91 Å². The van der Waals surface area contributed by atoms with Crippen LogP contribution in [0.5, 0.6) is 5.75 Å². The van der Waals surface area contributed by atoms with Crippen LogP contribution in [0.1, 0.15) is 16.7 Å². The second-order valence-electron chi connectivity index (χ2n) is 7.25. The van der Waals surface area contributed by atoms with Crippen LogP contribution >= 0.6 is 11.6 Å². The van der Waals surface area contributed by atoms with E-state index in [1.807, 2.05) is 43.3 Å². The maximum Gasteiger partial charge on any atom is 0.265 e. The fourth-order valence-corrected chi connectivity index (χ4v) is 3.47. The number of hydrogen-bond acceptors (Lipinski definition) is 3. The van der Waals surface area contributed by atoms with Crippen LogP contribution < -0.4 is 15.0 Å².